The third kappa shape index (κ3) is 3.63. The monoisotopic (exact) mass is 438 g/mol. The lowest BCUT2D eigenvalue weighted by Gasteiger charge is -2.12. The van der Waals surface area contributed by atoms with Crippen molar-refractivity contribution in [2.75, 3.05) is 5.32 Å². The predicted molar refractivity (Wildman–Crippen MR) is 119 cm³/mol. The van der Waals surface area contributed by atoms with Crippen LogP contribution in [0, 0.1) is 6.92 Å². The molecular formula is C23H26N4O3S. The summed E-state index contributed by atoms with van der Waals surface area (Å²) in [5.41, 5.74) is 3.52. The van der Waals surface area contributed by atoms with Gasteiger partial charge < -0.3 is 5.32 Å². The average molecular weight is 439 g/mol. The zero-order chi connectivity index (χ0) is 21.8. The number of hydrogen-bond donors (Lipinski definition) is 1. The van der Waals surface area contributed by atoms with Crippen molar-refractivity contribution in [2.24, 2.45) is 7.05 Å². The van der Waals surface area contributed by atoms with Crippen LogP contribution in [0.2, 0.25) is 0 Å². The van der Waals surface area contributed by atoms with Crippen LogP contribution < -0.4 is 5.32 Å². The highest BCUT2D eigenvalue weighted by Gasteiger charge is 2.31. The number of aromatic nitrogens is 3. The maximum Gasteiger partial charge on any atom is 0.256 e. The minimum Gasteiger partial charge on any atom is -0.322 e. The SMILES string of the molecule is Cc1nn(C)c2nc(C3CC3)cc(C(=O)Nc3ccc(S(=O)(=O)C4CCCC4)cc3)c12. The van der Waals surface area contributed by atoms with E-state index in [4.69, 9.17) is 4.98 Å². The normalized spacial score (nSPS) is 17.4. The van der Waals surface area contributed by atoms with Crippen LogP contribution in [0.15, 0.2) is 35.2 Å². The van der Waals surface area contributed by atoms with Crippen LogP contribution in [0.5, 0.6) is 0 Å². The van der Waals surface area contributed by atoms with Gasteiger partial charge in [0.1, 0.15) is 0 Å². The maximum atomic E-state index is 13.2. The summed E-state index contributed by atoms with van der Waals surface area (Å²) in [6.45, 7) is 1.88. The lowest BCUT2D eigenvalue weighted by atomic mass is 10.1. The molecule has 0 aliphatic heterocycles. The van der Waals surface area contributed by atoms with Crippen molar-refractivity contribution < 1.29 is 13.2 Å². The van der Waals surface area contributed by atoms with Crippen LogP contribution in [0.1, 0.15) is 66.2 Å². The van der Waals surface area contributed by atoms with Crippen molar-refractivity contribution in [3.8, 4) is 0 Å². The molecule has 0 unspecified atom stereocenters. The Morgan fingerprint density at radius 1 is 1.10 bits per heavy atom. The summed E-state index contributed by atoms with van der Waals surface area (Å²) in [7, 11) is -1.47. The van der Waals surface area contributed by atoms with Gasteiger partial charge in [-0.05, 0) is 62.9 Å². The fourth-order valence-electron chi connectivity index (χ4n) is 4.55. The zero-order valence-electron chi connectivity index (χ0n) is 17.8. The molecule has 2 fully saturated rings. The van der Waals surface area contributed by atoms with Crippen LogP contribution in [0.25, 0.3) is 11.0 Å². The zero-order valence-corrected chi connectivity index (χ0v) is 18.6. The predicted octanol–water partition coefficient (Wildman–Crippen LogP) is 4.12. The number of rotatable bonds is 5. The Kier molecular flexibility index (Phi) is 4.84. The van der Waals surface area contributed by atoms with Crippen molar-refractivity contribution >= 4 is 32.5 Å². The number of sulfone groups is 1. The minimum atomic E-state index is -3.31. The van der Waals surface area contributed by atoms with E-state index < -0.39 is 9.84 Å². The van der Waals surface area contributed by atoms with Gasteiger partial charge in [-0.1, -0.05) is 12.8 Å². The van der Waals surface area contributed by atoms with Crippen LogP contribution in [-0.2, 0) is 16.9 Å². The van der Waals surface area contributed by atoms with E-state index >= 15 is 0 Å². The van der Waals surface area contributed by atoms with Crippen molar-refractivity contribution in [3.63, 3.8) is 0 Å². The highest BCUT2D eigenvalue weighted by atomic mass is 32.2. The summed E-state index contributed by atoms with van der Waals surface area (Å²) < 4.78 is 27.3. The van der Waals surface area contributed by atoms with E-state index in [-0.39, 0.29) is 11.2 Å². The smallest absolute Gasteiger partial charge is 0.256 e. The van der Waals surface area contributed by atoms with Crippen LogP contribution in [0.3, 0.4) is 0 Å². The molecule has 162 valence electrons. The molecule has 2 aliphatic rings. The molecule has 31 heavy (non-hydrogen) atoms. The van der Waals surface area contributed by atoms with E-state index in [2.05, 4.69) is 10.4 Å². The highest BCUT2D eigenvalue weighted by Crippen LogP contribution is 2.40. The van der Waals surface area contributed by atoms with Crippen molar-refractivity contribution in [3.05, 3.63) is 47.3 Å². The molecule has 2 aromatic heterocycles. The quantitative estimate of drug-likeness (QED) is 0.647. The number of nitrogens with zero attached hydrogens (tertiary/aromatic N) is 3. The molecule has 1 N–H and O–H groups in total. The molecule has 2 aliphatic carbocycles. The van der Waals surface area contributed by atoms with Gasteiger partial charge in [0.25, 0.3) is 5.91 Å². The fourth-order valence-corrected chi connectivity index (χ4v) is 6.40. The first-order chi connectivity index (χ1) is 14.8. The first-order valence-electron chi connectivity index (χ1n) is 10.8. The van der Waals surface area contributed by atoms with Gasteiger partial charge in [-0.25, -0.2) is 13.4 Å². The molecule has 1 aromatic carbocycles. The molecule has 7 nitrogen and oxygen atoms in total. The molecule has 0 spiro atoms. The average Bonchev–Trinajstić information content (AvgIpc) is 3.36. The van der Waals surface area contributed by atoms with Gasteiger partial charge >= 0.3 is 0 Å². The van der Waals surface area contributed by atoms with E-state index in [0.29, 0.717) is 27.7 Å². The number of aryl methyl sites for hydroxylation is 2. The number of hydrogen-bond acceptors (Lipinski definition) is 5. The lowest BCUT2D eigenvalue weighted by molar-refractivity contribution is 0.102. The van der Waals surface area contributed by atoms with Crippen molar-refractivity contribution in [1.82, 2.24) is 14.8 Å². The molecule has 0 saturated heterocycles. The summed E-state index contributed by atoms with van der Waals surface area (Å²) in [5.74, 6) is 0.169. The summed E-state index contributed by atoms with van der Waals surface area (Å²) in [4.78, 5) is 18.2. The topological polar surface area (TPSA) is 93.9 Å². The summed E-state index contributed by atoms with van der Waals surface area (Å²) in [5, 5.41) is 7.84. The summed E-state index contributed by atoms with van der Waals surface area (Å²) in [6.07, 6.45) is 5.57. The maximum absolute atomic E-state index is 13.2. The Hall–Kier alpha value is -2.74. The molecule has 5 rings (SSSR count). The third-order valence-corrected chi connectivity index (χ3v) is 8.69. The number of amides is 1. The van der Waals surface area contributed by atoms with E-state index in [9.17, 15) is 13.2 Å². The van der Waals surface area contributed by atoms with E-state index in [1.54, 1.807) is 28.9 Å². The Balaban J connectivity index is 1.43. The molecular weight excluding hydrogens is 412 g/mol. The Morgan fingerprint density at radius 3 is 2.42 bits per heavy atom. The largest absolute Gasteiger partial charge is 0.322 e. The number of carbonyl (C=O) groups is 1. The second-order valence-electron chi connectivity index (χ2n) is 8.71. The number of carbonyl (C=O) groups excluding carboxylic acids is 1. The standard InChI is InChI=1S/C23H26N4O3S/c1-14-21-19(13-20(15-7-8-15)25-22(21)27(2)26-14)23(28)24-16-9-11-18(12-10-16)31(29,30)17-5-3-4-6-17/h9-13,15,17H,3-8H2,1-2H3,(H,24,28). The van der Waals surface area contributed by atoms with Gasteiger partial charge in [0.2, 0.25) is 0 Å². The van der Waals surface area contributed by atoms with Crippen molar-refractivity contribution in [2.45, 2.75) is 61.5 Å². The molecule has 2 saturated carbocycles. The van der Waals surface area contributed by atoms with E-state index in [1.807, 2.05) is 20.0 Å². The summed E-state index contributed by atoms with van der Waals surface area (Å²) in [6, 6.07) is 8.39. The number of fused-ring (bicyclic) bond motifs is 1. The number of pyridine rings is 1. The molecule has 0 radical (unpaired) electrons. The Bertz CT molecular complexity index is 1270. The number of nitrogens with one attached hydrogen (secondary N) is 1. The Labute approximate surface area is 181 Å². The number of anilines is 1. The van der Waals surface area contributed by atoms with Crippen LogP contribution in [0.4, 0.5) is 5.69 Å². The van der Waals surface area contributed by atoms with Gasteiger partial charge in [-0.15, -0.1) is 0 Å². The summed E-state index contributed by atoms with van der Waals surface area (Å²) >= 11 is 0. The molecule has 3 aromatic rings. The highest BCUT2D eigenvalue weighted by molar-refractivity contribution is 7.92. The van der Waals surface area contributed by atoms with Crippen LogP contribution >= 0.6 is 0 Å². The van der Waals surface area contributed by atoms with Gasteiger partial charge in [0, 0.05) is 24.3 Å². The first-order valence-corrected chi connectivity index (χ1v) is 12.4. The Morgan fingerprint density at radius 2 is 1.77 bits per heavy atom. The van der Waals surface area contributed by atoms with E-state index in [0.717, 1.165) is 55.3 Å². The van der Waals surface area contributed by atoms with Gasteiger partial charge in [0.15, 0.2) is 15.5 Å². The second-order valence-corrected chi connectivity index (χ2v) is 10.9. The molecule has 2 heterocycles. The number of benzene rings is 1. The fraction of sp³-hybridized carbons (Fsp3) is 0.435. The molecule has 0 bridgehead atoms. The first kappa shape index (κ1) is 20.2. The van der Waals surface area contributed by atoms with Crippen LogP contribution in [-0.4, -0.2) is 34.3 Å². The lowest BCUT2D eigenvalue weighted by Crippen LogP contribution is -2.18. The van der Waals surface area contributed by atoms with Crippen molar-refractivity contribution in [1.29, 1.82) is 0 Å². The van der Waals surface area contributed by atoms with Gasteiger partial charge in [0.05, 0.1) is 26.8 Å². The third-order valence-electron chi connectivity index (χ3n) is 6.41. The van der Waals surface area contributed by atoms with Gasteiger partial charge in [-0.2, -0.15) is 5.10 Å². The van der Waals surface area contributed by atoms with Gasteiger partial charge in [-0.3, -0.25) is 9.48 Å². The second kappa shape index (κ2) is 7.44. The molecule has 1 amide bonds. The van der Waals surface area contributed by atoms with E-state index in [1.165, 1.54) is 0 Å². The minimum absolute atomic E-state index is 0.239. The molecule has 0 atom stereocenters. The molecule has 8 heteroatoms.